The van der Waals surface area contributed by atoms with Crippen molar-refractivity contribution in [3.8, 4) is 11.3 Å². The van der Waals surface area contributed by atoms with Crippen LogP contribution in [0.2, 0.25) is 0 Å². The molecule has 1 fully saturated rings. The molecule has 12 N–H and O–H groups in total. The third kappa shape index (κ3) is 14.0. The Kier molecular flexibility index (Phi) is 16.7. The molecule has 70 heavy (non-hydrogen) atoms. The van der Waals surface area contributed by atoms with Crippen molar-refractivity contribution >= 4 is 107 Å². The molecule has 22 nitrogen and oxygen atoms in total. The first-order valence-corrected chi connectivity index (χ1v) is 24.3. The van der Waals surface area contributed by atoms with E-state index in [0.29, 0.717) is 32.9 Å². The minimum absolute atomic E-state index is 0.0412. The Hall–Kier alpha value is -7.52. The van der Waals surface area contributed by atoms with Crippen molar-refractivity contribution in [1.82, 2.24) is 29.4 Å². The zero-order chi connectivity index (χ0) is 51.8. The van der Waals surface area contributed by atoms with Gasteiger partial charge in [0.05, 0.1) is 39.1 Å². The van der Waals surface area contributed by atoms with Crippen LogP contribution in [0.4, 0.5) is 34.4 Å². The van der Waals surface area contributed by atoms with Gasteiger partial charge in [-0.05, 0) is 122 Å². The molecule has 6 aromatic rings. The fourth-order valence-electron chi connectivity index (χ4n) is 5.85. The molecule has 1 aliphatic heterocycles. The van der Waals surface area contributed by atoms with Crippen molar-refractivity contribution in [2.75, 3.05) is 33.6 Å². The minimum atomic E-state index is -3.97. The number of halogens is 1. The number of nitrogens with one attached hydrogen (secondary N) is 4. The molecule has 366 valence electrons. The summed E-state index contributed by atoms with van der Waals surface area (Å²) in [5.74, 6) is -2.72. The topological polar surface area (TPSA) is 359 Å². The average Bonchev–Trinajstić information content (AvgIpc) is 3.50. The molecule has 4 amide bonds. The summed E-state index contributed by atoms with van der Waals surface area (Å²) in [6, 6.07) is 25.0. The van der Waals surface area contributed by atoms with Crippen LogP contribution < -0.4 is 48.5 Å². The fraction of sp³-hybridized carbons (Fsp3) is 0.182. The van der Waals surface area contributed by atoms with Crippen LogP contribution in [-0.4, -0.2) is 78.7 Å². The van der Waals surface area contributed by atoms with E-state index in [9.17, 15) is 36.0 Å². The highest BCUT2D eigenvalue weighted by molar-refractivity contribution is 9.10. The van der Waals surface area contributed by atoms with Gasteiger partial charge in [0.15, 0.2) is 23.0 Å². The van der Waals surface area contributed by atoms with Crippen LogP contribution >= 0.6 is 15.9 Å². The second kappa shape index (κ2) is 21.8. The van der Waals surface area contributed by atoms with E-state index in [1.165, 1.54) is 60.9 Å². The van der Waals surface area contributed by atoms with Gasteiger partial charge in [0, 0.05) is 42.2 Å². The monoisotopic (exact) mass is 1060 g/mol. The van der Waals surface area contributed by atoms with Gasteiger partial charge < -0.3 is 42.9 Å². The lowest BCUT2D eigenvalue weighted by Crippen LogP contribution is -2.41. The standard InChI is InChI=1S/C19H18N6O4S.C13H12BrN5O4S.C12H18BNO2/c1-11(26)25-30(28,29)15-8-6-14(7-9-15)23-19(27)17-18(21)22-10-16(24-17)12-2-4-13(20)5-3-12;1-7(20)19-24(22,23)9-4-2-8(3-5-9)17-13(21)11-12(15)16-6-10(14)18-11;1-11(2)12(3,4)16-13(15-11)9-5-7-10(14)8-6-9/h2-10H,20H2,1H3,(H2,21,22)(H,23,27)(H,25,26);2-6H,1H3,(H2,15,16)(H,17,21)(H,19,20);5-8H,14H2,1-4H3. The van der Waals surface area contributed by atoms with Crippen LogP contribution in [0.3, 0.4) is 0 Å². The van der Waals surface area contributed by atoms with Gasteiger partial charge in [-0.25, -0.2) is 46.2 Å². The Labute approximate surface area is 412 Å². The second-order valence-corrected chi connectivity index (χ2v) is 20.3. The molecule has 26 heteroatoms. The normalized spacial score (nSPS) is 13.6. The number of hydrogen-bond donors (Lipinski definition) is 8. The van der Waals surface area contributed by atoms with Gasteiger partial charge in [-0.2, -0.15) is 0 Å². The Morgan fingerprint density at radius 2 is 0.957 bits per heavy atom. The molecule has 0 aliphatic carbocycles. The summed E-state index contributed by atoms with van der Waals surface area (Å²) < 4.78 is 63.5. The van der Waals surface area contributed by atoms with Gasteiger partial charge in [0.2, 0.25) is 11.8 Å². The van der Waals surface area contributed by atoms with E-state index in [1.807, 2.05) is 61.4 Å². The smallest absolute Gasteiger partial charge is 0.399 e. The van der Waals surface area contributed by atoms with Crippen LogP contribution in [0.15, 0.2) is 124 Å². The number of anilines is 6. The molecule has 2 aromatic heterocycles. The molecule has 1 saturated heterocycles. The largest absolute Gasteiger partial charge is 0.494 e. The van der Waals surface area contributed by atoms with Gasteiger partial charge >= 0.3 is 7.12 Å². The molecular formula is C44H48BBrN12O10S2. The maximum absolute atomic E-state index is 12.6. The van der Waals surface area contributed by atoms with Crippen molar-refractivity contribution in [3.63, 3.8) is 0 Å². The molecule has 1 aliphatic rings. The van der Waals surface area contributed by atoms with E-state index in [-0.39, 0.29) is 51.1 Å². The zero-order valence-corrected chi connectivity index (χ0v) is 41.6. The Balaban J connectivity index is 0.000000205. The van der Waals surface area contributed by atoms with Crippen LogP contribution in [-0.2, 0) is 38.9 Å². The van der Waals surface area contributed by atoms with Gasteiger partial charge in [-0.15, -0.1) is 0 Å². The summed E-state index contributed by atoms with van der Waals surface area (Å²) in [4.78, 5) is 62.4. The lowest BCUT2D eigenvalue weighted by Gasteiger charge is -2.32. The highest BCUT2D eigenvalue weighted by atomic mass is 79.9. The number of sulfonamides is 2. The van der Waals surface area contributed by atoms with E-state index in [4.69, 9.17) is 32.2 Å². The molecule has 7 rings (SSSR count). The van der Waals surface area contributed by atoms with E-state index in [1.54, 1.807) is 24.3 Å². The molecule has 0 unspecified atom stereocenters. The highest BCUT2D eigenvalue weighted by Gasteiger charge is 2.51. The van der Waals surface area contributed by atoms with Crippen LogP contribution in [0.1, 0.15) is 62.5 Å². The van der Waals surface area contributed by atoms with Gasteiger partial charge in [0.25, 0.3) is 31.9 Å². The molecule has 0 bridgehead atoms. The summed E-state index contributed by atoms with van der Waals surface area (Å²) in [5, 5.41) is 5.10. The molecule has 4 aromatic carbocycles. The molecule has 3 heterocycles. The van der Waals surface area contributed by atoms with Gasteiger partial charge in [-0.1, -0.05) is 24.3 Å². The number of nitrogens with zero attached hydrogens (tertiary/aromatic N) is 4. The van der Waals surface area contributed by atoms with Gasteiger partial charge in [-0.3, -0.25) is 19.2 Å². The summed E-state index contributed by atoms with van der Waals surface area (Å²) in [6.07, 6.45) is 2.80. The summed E-state index contributed by atoms with van der Waals surface area (Å²) in [7, 11) is -8.20. The van der Waals surface area contributed by atoms with Crippen LogP contribution in [0, 0.1) is 0 Å². The highest BCUT2D eigenvalue weighted by Crippen LogP contribution is 2.36. The van der Waals surface area contributed by atoms with E-state index >= 15 is 0 Å². The Morgan fingerprint density at radius 1 is 0.571 bits per heavy atom. The maximum Gasteiger partial charge on any atom is 0.494 e. The second-order valence-electron chi connectivity index (χ2n) is 16.1. The molecule has 0 saturated carbocycles. The van der Waals surface area contributed by atoms with Crippen molar-refractivity contribution in [2.45, 2.75) is 62.5 Å². The predicted octanol–water partition coefficient (Wildman–Crippen LogP) is 3.85. The van der Waals surface area contributed by atoms with Crippen molar-refractivity contribution in [3.05, 3.63) is 125 Å². The predicted molar refractivity (Wildman–Crippen MR) is 268 cm³/mol. The number of aromatic nitrogens is 4. The first kappa shape index (κ1) is 53.4. The molecule has 0 radical (unpaired) electrons. The average molecular weight is 1060 g/mol. The number of hydrogen-bond acceptors (Lipinski definition) is 18. The summed E-state index contributed by atoms with van der Waals surface area (Å²) >= 11 is 3.09. The van der Waals surface area contributed by atoms with Crippen molar-refractivity contribution < 1.29 is 45.3 Å². The van der Waals surface area contributed by atoms with Crippen molar-refractivity contribution in [2.24, 2.45) is 0 Å². The number of carbonyl (C=O) groups excluding carboxylic acids is 4. The summed E-state index contributed by atoms with van der Waals surface area (Å²) in [6.45, 7) is 10.4. The van der Waals surface area contributed by atoms with E-state index in [0.717, 1.165) is 25.0 Å². The lowest BCUT2D eigenvalue weighted by molar-refractivity contribution is -0.118. The molecule has 0 spiro atoms. The lowest BCUT2D eigenvalue weighted by atomic mass is 9.79. The zero-order valence-electron chi connectivity index (χ0n) is 38.3. The number of amides is 4. The maximum atomic E-state index is 12.6. The van der Waals surface area contributed by atoms with Gasteiger partial charge in [0.1, 0.15) is 4.60 Å². The van der Waals surface area contributed by atoms with Crippen LogP contribution in [0.25, 0.3) is 11.3 Å². The molecule has 0 atom stereocenters. The number of carbonyl (C=O) groups is 4. The molecular weight excluding hydrogens is 1010 g/mol. The fourth-order valence-corrected chi connectivity index (χ4v) is 8.11. The Bertz CT molecular complexity index is 3120. The third-order valence-electron chi connectivity index (χ3n) is 10.1. The first-order chi connectivity index (χ1) is 32.7. The van der Waals surface area contributed by atoms with Crippen LogP contribution in [0.5, 0.6) is 0 Å². The quantitative estimate of drug-likeness (QED) is 0.0713. The van der Waals surface area contributed by atoms with E-state index < -0.39 is 43.7 Å². The number of benzene rings is 4. The van der Waals surface area contributed by atoms with E-state index in [2.05, 4.69) is 46.5 Å². The number of nitrogen functional groups attached to an aromatic ring is 4. The number of rotatable bonds is 10. The third-order valence-corrected chi connectivity index (χ3v) is 13.4. The minimum Gasteiger partial charge on any atom is -0.399 e. The SMILES string of the molecule is CC(=O)NS(=O)(=O)c1ccc(NC(=O)c2nc(-c3ccc(N)cc3)cnc2N)cc1.CC(=O)NS(=O)(=O)c1ccc(NC(=O)c2nc(Br)cnc2N)cc1.CC1(C)OB(c2ccc(N)cc2)OC1(C)C. The first-order valence-electron chi connectivity index (χ1n) is 20.5. The Morgan fingerprint density at radius 3 is 1.37 bits per heavy atom. The number of nitrogens with two attached hydrogens (primary N) is 4. The van der Waals surface area contributed by atoms with Crippen molar-refractivity contribution in [1.29, 1.82) is 0 Å². The summed E-state index contributed by atoms with van der Waals surface area (Å²) in [5.41, 5.74) is 26.1.